The Morgan fingerprint density at radius 1 is 0.950 bits per heavy atom. The highest BCUT2D eigenvalue weighted by molar-refractivity contribution is 5.74. The van der Waals surface area contributed by atoms with Gasteiger partial charge in [-0.1, -0.05) is 12.1 Å². The third-order valence-corrected chi connectivity index (χ3v) is 4.15. The first-order valence-electron chi connectivity index (χ1n) is 6.95. The van der Waals surface area contributed by atoms with Crippen molar-refractivity contribution in [2.45, 2.75) is 40.7 Å². The average molecular weight is 271 g/mol. The third-order valence-electron chi connectivity index (χ3n) is 4.15. The lowest BCUT2D eigenvalue weighted by Gasteiger charge is -2.17. The zero-order valence-corrected chi connectivity index (χ0v) is 12.8. The molecule has 2 rings (SSSR count). The molecule has 2 aromatic carbocycles. The molecule has 0 spiro atoms. The molecular formula is C18H22FN. The predicted molar refractivity (Wildman–Crippen MR) is 83.4 cm³/mol. The fourth-order valence-corrected chi connectivity index (χ4v) is 2.64. The van der Waals surface area contributed by atoms with Crippen LogP contribution < -0.4 is 5.73 Å². The maximum absolute atomic E-state index is 14.3. The van der Waals surface area contributed by atoms with E-state index in [-0.39, 0.29) is 11.9 Å². The molecule has 1 unspecified atom stereocenters. The van der Waals surface area contributed by atoms with E-state index < -0.39 is 0 Å². The molecule has 2 heteroatoms. The van der Waals surface area contributed by atoms with Crippen LogP contribution in [-0.4, -0.2) is 0 Å². The van der Waals surface area contributed by atoms with Gasteiger partial charge in [0.25, 0.3) is 0 Å². The average Bonchev–Trinajstić information content (AvgIpc) is 2.38. The number of benzene rings is 2. The summed E-state index contributed by atoms with van der Waals surface area (Å²) in [5.41, 5.74) is 13.2. The molecule has 0 bridgehead atoms. The molecule has 0 saturated heterocycles. The third kappa shape index (κ3) is 2.48. The van der Waals surface area contributed by atoms with E-state index in [0.717, 1.165) is 22.3 Å². The van der Waals surface area contributed by atoms with Crippen LogP contribution >= 0.6 is 0 Å². The van der Waals surface area contributed by atoms with Crippen molar-refractivity contribution in [3.05, 3.63) is 57.9 Å². The predicted octanol–water partition coefficient (Wildman–Crippen LogP) is 4.75. The second-order valence-electron chi connectivity index (χ2n) is 5.66. The molecule has 2 aromatic rings. The van der Waals surface area contributed by atoms with Crippen molar-refractivity contribution in [2.75, 3.05) is 0 Å². The van der Waals surface area contributed by atoms with Crippen LogP contribution in [0, 0.1) is 33.5 Å². The van der Waals surface area contributed by atoms with Gasteiger partial charge in [-0.15, -0.1) is 0 Å². The van der Waals surface area contributed by atoms with Gasteiger partial charge in [-0.25, -0.2) is 4.39 Å². The summed E-state index contributed by atoms with van der Waals surface area (Å²) in [5.74, 6) is -0.189. The van der Waals surface area contributed by atoms with E-state index in [2.05, 4.69) is 33.8 Å². The van der Waals surface area contributed by atoms with E-state index in [1.54, 1.807) is 6.07 Å². The molecule has 106 valence electrons. The fraction of sp³-hybridized carbons (Fsp3) is 0.333. The van der Waals surface area contributed by atoms with E-state index in [9.17, 15) is 4.39 Å². The first-order chi connectivity index (χ1) is 9.32. The van der Waals surface area contributed by atoms with Gasteiger partial charge in [0.15, 0.2) is 0 Å². The Labute approximate surface area is 120 Å². The number of aryl methyl sites for hydroxylation is 2. The van der Waals surface area contributed by atoms with Crippen LogP contribution in [0.5, 0.6) is 0 Å². The lowest BCUT2D eigenvalue weighted by molar-refractivity contribution is 0.629. The van der Waals surface area contributed by atoms with Gasteiger partial charge in [0, 0.05) is 11.6 Å². The van der Waals surface area contributed by atoms with Crippen LogP contribution in [-0.2, 0) is 0 Å². The van der Waals surface area contributed by atoms with Crippen LogP contribution in [0.25, 0.3) is 11.1 Å². The molecule has 0 heterocycles. The molecule has 20 heavy (non-hydrogen) atoms. The summed E-state index contributed by atoms with van der Waals surface area (Å²) >= 11 is 0. The molecule has 0 aromatic heterocycles. The second-order valence-corrected chi connectivity index (χ2v) is 5.66. The van der Waals surface area contributed by atoms with Gasteiger partial charge in [-0.2, -0.15) is 0 Å². The lowest BCUT2D eigenvalue weighted by Crippen LogP contribution is -2.06. The Morgan fingerprint density at radius 3 is 2.00 bits per heavy atom. The summed E-state index contributed by atoms with van der Waals surface area (Å²) in [4.78, 5) is 0. The maximum Gasteiger partial charge on any atom is 0.131 e. The fourth-order valence-electron chi connectivity index (χ4n) is 2.64. The molecule has 0 saturated carbocycles. The van der Waals surface area contributed by atoms with E-state index in [4.69, 9.17) is 5.73 Å². The van der Waals surface area contributed by atoms with Crippen LogP contribution in [0.15, 0.2) is 24.3 Å². The standard InChI is InChI=1S/C18H22FN/c1-10-8-11(2)13(4)18(12(10)3)16-9-15(14(5)20)6-7-17(16)19/h6-9,14H,20H2,1-5H3. The molecule has 0 aliphatic rings. The van der Waals surface area contributed by atoms with Gasteiger partial charge >= 0.3 is 0 Å². The molecule has 0 fully saturated rings. The Balaban J connectivity index is 2.77. The van der Waals surface area contributed by atoms with Gasteiger partial charge in [-0.05, 0) is 80.1 Å². The number of hydrogen-bond donors (Lipinski definition) is 1. The quantitative estimate of drug-likeness (QED) is 0.838. The van der Waals surface area contributed by atoms with Crippen LogP contribution in [0.1, 0.15) is 40.8 Å². The Morgan fingerprint density at radius 2 is 1.50 bits per heavy atom. The van der Waals surface area contributed by atoms with Crippen molar-refractivity contribution in [2.24, 2.45) is 5.73 Å². The second kappa shape index (κ2) is 5.37. The number of rotatable bonds is 2. The van der Waals surface area contributed by atoms with Gasteiger partial charge in [0.05, 0.1) is 0 Å². The zero-order chi connectivity index (χ0) is 15.0. The Kier molecular flexibility index (Phi) is 3.96. The maximum atomic E-state index is 14.3. The van der Waals surface area contributed by atoms with Crippen molar-refractivity contribution in [1.82, 2.24) is 0 Å². The molecular weight excluding hydrogens is 249 g/mol. The van der Waals surface area contributed by atoms with Crippen molar-refractivity contribution < 1.29 is 4.39 Å². The van der Waals surface area contributed by atoms with Gasteiger partial charge in [0.1, 0.15) is 5.82 Å². The normalized spacial score (nSPS) is 12.6. The first-order valence-corrected chi connectivity index (χ1v) is 6.95. The van der Waals surface area contributed by atoms with Crippen LogP contribution in [0.4, 0.5) is 4.39 Å². The Bertz CT molecular complexity index is 631. The highest BCUT2D eigenvalue weighted by atomic mass is 19.1. The van der Waals surface area contributed by atoms with E-state index in [1.807, 2.05) is 13.0 Å². The minimum Gasteiger partial charge on any atom is -0.324 e. The van der Waals surface area contributed by atoms with Crippen molar-refractivity contribution in [1.29, 1.82) is 0 Å². The van der Waals surface area contributed by atoms with Gasteiger partial charge < -0.3 is 5.73 Å². The van der Waals surface area contributed by atoms with Gasteiger partial charge in [-0.3, -0.25) is 0 Å². The number of halogens is 1. The highest BCUT2D eigenvalue weighted by Crippen LogP contribution is 2.34. The summed E-state index contributed by atoms with van der Waals surface area (Å²) in [5, 5.41) is 0. The van der Waals surface area contributed by atoms with Gasteiger partial charge in [0.2, 0.25) is 0 Å². The molecule has 0 amide bonds. The molecule has 0 aliphatic heterocycles. The van der Waals surface area contributed by atoms with Crippen molar-refractivity contribution >= 4 is 0 Å². The summed E-state index contributed by atoms with van der Waals surface area (Å²) in [7, 11) is 0. The summed E-state index contributed by atoms with van der Waals surface area (Å²) in [6.45, 7) is 10.2. The molecule has 2 N–H and O–H groups in total. The highest BCUT2D eigenvalue weighted by Gasteiger charge is 2.15. The molecule has 0 radical (unpaired) electrons. The monoisotopic (exact) mass is 271 g/mol. The first kappa shape index (κ1) is 14.7. The summed E-state index contributed by atoms with van der Waals surface area (Å²) < 4.78 is 14.3. The SMILES string of the molecule is Cc1cc(C)c(C)c(-c2cc(C(C)N)ccc2F)c1C. The zero-order valence-electron chi connectivity index (χ0n) is 12.8. The summed E-state index contributed by atoms with van der Waals surface area (Å²) in [6.07, 6.45) is 0. The van der Waals surface area contributed by atoms with Crippen molar-refractivity contribution in [3.63, 3.8) is 0 Å². The lowest BCUT2D eigenvalue weighted by atomic mass is 9.88. The van der Waals surface area contributed by atoms with Crippen LogP contribution in [0.2, 0.25) is 0 Å². The molecule has 1 nitrogen and oxygen atoms in total. The minimum absolute atomic E-state index is 0.0964. The number of nitrogens with two attached hydrogens (primary N) is 1. The van der Waals surface area contributed by atoms with E-state index >= 15 is 0 Å². The van der Waals surface area contributed by atoms with Crippen molar-refractivity contribution in [3.8, 4) is 11.1 Å². The molecule has 0 aliphatic carbocycles. The largest absolute Gasteiger partial charge is 0.324 e. The Hall–Kier alpha value is -1.67. The summed E-state index contributed by atoms with van der Waals surface area (Å²) in [6, 6.07) is 7.22. The van der Waals surface area contributed by atoms with Crippen LogP contribution in [0.3, 0.4) is 0 Å². The molecule has 1 atom stereocenters. The topological polar surface area (TPSA) is 26.0 Å². The van der Waals surface area contributed by atoms with E-state index in [0.29, 0.717) is 5.56 Å². The minimum atomic E-state index is -0.189. The van der Waals surface area contributed by atoms with E-state index in [1.165, 1.54) is 17.2 Å². The number of hydrogen-bond acceptors (Lipinski definition) is 1. The smallest absolute Gasteiger partial charge is 0.131 e.